The van der Waals surface area contributed by atoms with Crippen molar-refractivity contribution in [1.29, 1.82) is 0 Å². The lowest BCUT2D eigenvalue weighted by Crippen LogP contribution is -2.31. The van der Waals surface area contributed by atoms with Gasteiger partial charge >= 0.3 is 5.97 Å². The molecule has 4 N–H and O–H groups in total. The third-order valence-corrected chi connectivity index (χ3v) is 2.86. The Kier molecular flexibility index (Phi) is 5.09. The topological polar surface area (TPSA) is 96.2 Å². The number of benzene rings is 1. The van der Waals surface area contributed by atoms with Crippen molar-refractivity contribution in [1.82, 2.24) is 4.98 Å². The van der Waals surface area contributed by atoms with E-state index in [4.69, 9.17) is 10.8 Å². The third-order valence-electron chi connectivity index (χ3n) is 2.86. The number of aromatic amines is 1. The fourth-order valence-corrected chi connectivity index (χ4v) is 1.89. The van der Waals surface area contributed by atoms with Crippen LogP contribution in [0.4, 0.5) is 0 Å². The van der Waals surface area contributed by atoms with Crippen molar-refractivity contribution in [2.24, 2.45) is 5.73 Å². The number of para-hydroxylation sites is 1. The predicted molar refractivity (Wildman–Crippen MR) is 74.7 cm³/mol. The van der Waals surface area contributed by atoms with Crippen molar-refractivity contribution in [3.8, 4) is 0 Å². The highest BCUT2D eigenvalue weighted by Gasteiger charge is 2.19. The van der Waals surface area contributed by atoms with Gasteiger partial charge in [-0.2, -0.15) is 0 Å². The van der Waals surface area contributed by atoms with Crippen LogP contribution in [0, 0.1) is 0 Å². The first-order valence-electron chi connectivity index (χ1n) is 5.67. The average molecular weight is 283 g/mol. The van der Waals surface area contributed by atoms with Crippen molar-refractivity contribution >= 4 is 35.1 Å². The number of aromatic nitrogens is 1. The number of aliphatic carboxylic acids is 1. The maximum absolute atomic E-state index is 12.1. The Balaban J connectivity index is 0.00000180. The largest absolute Gasteiger partial charge is 0.481 e. The summed E-state index contributed by atoms with van der Waals surface area (Å²) in [6, 6.07) is 6.64. The summed E-state index contributed by atoms with van der Waals surface area (Å²) < 4.78 is 0. The number of carboxylic acid groups (broad SMARTS) is 1. The van der Waals surface area contributed by atoms with E-state index in [9.17, 15) is 9.59 Å². The Bertz CT molecular complexity index is 594. The lowest BCUT2D eigenvalue weighted by molar-refractivity contribution is -0.137. The lowest BCUT2D eigenvalue weighted by atomic mass is 10.0. The van der Waals surface area contributed by atoms with Crippen LogP contribution in [0.25, 0.3) is 10.9 Å². The number of nitrogens with two attached hydrogens (primary N) is 1. The maximum Gasteiger partial charge on any atom is 0.303 e. The monoisotopic (exact) mass is 282 g/mol. The Morgan fingerprint density at radius 2 is 2.00 bits per heavy atom. The van der Waals surface area contributed by atoms with E-state index in [2.05, 4.69) is 4.98 Å². The molecule has 0 saturated heterocycles. The molecule has 1 heterocycles. The first-order valence-corrected chi connectivity index (χ1v) is 5.67. The first-order chi connectivity index (χ1) is 8.59. The number of hydrogen-bond acceptors (Lipinski definition) is 3. The van der Waals surface area contributed by atoms with Crippen LogP contribution in [0.5, 0.6) is 0 Å². The van der Waals surface area contributed by atoms with Gasteiger partial charge in [0.05, 0.1) is 6.04 Å². The molecule has 0 bridgehead atoms. The van der Waals surface area contributed by atoms with Crippen LogP contribution < -0.4 is 5.73 Å². The normalized spacial score (nSPS) is 11.8. The molecule has 0 aliphatic rings. The van der Waals surface area contributed by atoms with Gasteiger partial charge in [-0.15, -0.1) is 12.4 Å². The molecule has 1 unspecified atom stereocenters. The average Bonchev–Trinajstić information content (AvgIpc) is 2.78. The molecule has 0 spiro atoms. The van der Waals surface area contributed by atoms with Crippen molar-refractivity contribution in [2.75, 3.05) is 0 Å². The standard InChI is InChI=1S/C13H14N2O3.ClH/c14-10(5-6-12(16)17)13(18)9-7-15-11-4-2-1-3-8(9)11;/h1-4,7,10,15H,5-6,14H2,(H,16,17);1H. The number of carbonyl (C=O) groups is 2. The second-order valence-corrected chi connectivity index (χ2v) is 4.15. The second kappa shape index (κ2) is 6.36. The summed E-state index contributed by atoms with van der Waals surface area (Å²) in [5, 5.41) is 9.39. The van der Waals surface area contributed by atoms with E-state index in [-0.39, 0.29) is 31.0 Å². The molecule has 0 amide bonds. The number of nitrogens with one attached hydrogen (secondary N) is 1. The smallest absolute Gasteiger partial charge is 0.303 e. The van der Waals surface area contributed by atoms with Gasteiger partial charge in [0.15, 0.2) is 5.78 Å². The molecule has 0 aliphatic carbocycles. The SMILES string of the molecule is Cl.NC(CCC(=O)O)C(=O)c1c[nH]c2ccccc12. The molecule has 2 rings (SSSR count). The van der Waals surface area contributed by atoms with Crippen molar-refractivity contribution < 1.29 is 14.7 Å². The van der Waals surface area contributed by atoms with E-state index in [0.29, 0.717) is 5.56 Å². The summed E-state index contributed by atoms with van der Waals surface area (Å²) in [5.41, 5.74) is 7.11. The Hall–Kier alpha value is -1.85. The molecule has 6 heteroatoms. The molecular weight excluding hydrogens is 268 g/mol. The van der Waals surface area contributed by atoms with E-state index in [1.165, 1.54) is 0 Å². The van der Waals surface area contributed by atoms with Crippen LogP contribution in [-0.4, -0.2) is 27.9 Å². The molecule has 1 aromatic carbocycles. The Morgan fingerprint density at radius 3 is 2.68 bits per heavy atom. The molecular formula is C13H15ClN2O3. The summed E-state index contributed by atoms with van der Waals surface area (Å²) in [5.74, 6) is -1.18. The second-order valence-electron chi connectivity index (χ2n) is 4.15. The molecule has 0 saturated carbocycles. The minimum Gasteiger partial charge on any atom is -0.481 e. The van der Waals surface area contributed by atoms with Gasteiger partial charge in [-0.25, -0.2) is 0 Å². The highest BCUT2D eigenvalue weighted by molar-refractivity contribution is 6.10. The first kappa shape index (κ1) is 15.2. The van der Waals surface area contributed by atoms with Gasteiger partial charge in [0, 0.05) is 29.1 Å². The summed E-state index contributed by atoms with van der Waals surface area (Å²) >= 11 is 0. The third kappa shape index (κ3) is 3.33. The van der Waals surface area contributed by atoms with Gasteiger partial charge in [-0.3, -0.25) is 9.59 Å². The molecule has 102 valence electrons. The minimum absolute atomic E-state index is 0. The molecule has 0 radical (unpaired) electrons. The van der Waals surface area contributed by atoms with Crippen LogP contribution >= 0.6 is 12.4 Å². The quantitative estimate of drug-likeness (QED) is 0.731. The highest BCUT2D eigenvalue weighted by atomic mass is 35.5. The summed E-state index contributed by atoms with van der Waals surface area (Å²) in [6.45, 7) is 0. The van der Waals surface area contributed by atoms with Gasteiger partial charge in [0.1, 0.15) is 0 Å². The number of carbonyl (C=O) groups excluding carboxylic acids is 1. The predicted octanol–water partition coefficient (Wildman–Crippen LogP) is 1.96. The molecule has 19 heavy (non-hydrogen) atoms. The summed E-state index contributed by atoms with van der Waals surface area (Å²) in [7, 11) is 0. The van der Waals surface area contributed by atoms with Gasteiger partial charge in [0.25, 0.3) is 0 Å². The van der Waals surface area contributed by atoms with E-state index in [0.717, 1.165) is 10.9 Å². The number of ketones is 1. The van der Waals surface area contributed by atoms with Gasteiger partial charge < -0.3 is 15.8 Å². The van der Waals surface area contributed by atoms with Crippen molar-refractivity contribution in [2.45, 2.75) is 18.9 Å². The van der Waals surface area contributed by atoms with Crippen molar-refractivity contribution in [3.63, 3.8) is 0 Å². The van der Waals surface area contributed by atoms with Gasteiger partial charge in [-0.05, 0) is 12.5 Å². The zero-order valence-electron chi connectivity index (χ0n) is 10.1. The molecule has 2 aromatic rings. The fraction of sp³-hybridized carbons (Fsp3) is 0.231. The fourth-order valence-electron chi connectivity index (χ4n) is 1.89. The number of halogens is 1. The van der Waals surface area contributed by atoms with Crippen LogP contribution in [0.1, 0.15) is 23.2 Å². The maximum atomic E-state index is 12.1. The summed E-state index contributed by atoms with van der Waals surface area (Å²) in [4.78, 5) is 25.5. The lowest BCUT2D eigenvalue weighted by Gasteiger charge is -2.08. The molecule has 1 atom stereocenters. The van der Waals surface area contributed by atoms with Crippen LogP contribution in [-0.2, 0) is 4.79 Å². The minimum atomic E-state index is -0.947. The van der Waals surface area contributed by atoms with Crippen LogP contribution in [0.3, 0.4) is 0 Å². The van der Waals surface area contributed by atoms with Crippen molar-refractivity contribution in [3.05, 3.63) is 36.0 Å². The molecule has 5 nitrogen and oxygen atoms in total. The molecule has 0 aliphatic heterocycles. The zero-order chi connectivity index (χ0) is 13.1. The Labute approximate surface area is 116 Å². The summed E-state index contributed by atoms with van der Waals surface area (Å²) in [6.07, 6.45) is 1.66. The number of H-pyrrole nitrogens is 1. The van der Waals surface area contributed by atoms with E-state index >= 15 is 0 Å². The van der Waals surface area contributed by atoms with Crippen LogP contribution in [0.2, 0.25) is 0 Å². The van der Waals surface area contributed by atoms with Gasteiger partial charge in [0.2, 0.25) is 0 Å². The van der Waals surface area contributed by atoms with E-state index in [1.807, 2.05) is 24.3 Å². The van der Waals surface area contributed by atoms with E-state index < -0.39 is 12.0 Å². The van der Waals surface area contributed by atoms with E-state index in [1.54, 1.807) is 6.20 Å². The molecule has 1 aromatic heterocycles. The number of carboxylic acids is 1. The number of Topliss-reactive ketones (excluding diaryl/α,β-unsaturated/α-hetero) is 1. The Morgan fingerprint density at radius 1 is 1.32 bits per heavy atom. The number of rotatable bonds is 5. The van der Waals surface area contributed by atoms with Gasteiger partial charge in [-0.1, -0.05) is 18.2 Å². The highest BCUT2D eigenvalue weighted by Crippen LogP contribution is 2.19. The molecule has 0 fully saturated rings. The number of fused-ring (bicyclic) bond motifs is 1. The van der Waals surface area contributed by atoms with Crippen LogP contribution in [0.15, 0.2) is 30.5 Å². The zero-order valence-corrected chi connectivity index (χ0v) is 10.9. The number of hydrogen-bond donors (Lipinski definition) is 3.